The molecular formula is C32H37NO4S. The number of rotatable bonds is 8. The van der Waals surface area contributed by atoms with Crippen molar-refractivity contribution in [3.8, 4) is 11.5 Å². The molecule has 1 atom stereocenters. The molecule has 1 heterocycles. The largest absolute Gasteiger partial charge is 0.475 e. The molecule has 0 N–H and O–H groups in total. The molecule has 3 aromatic carbocycles. The molecule has 0 amide bonds. The van der Waals surface area contributed by atoms with Gasteiger partial charge in [0.1, 0.15) is 17.7 Å². The fraction of sp³-hybridized carbons (Fsp3) is 0.344. The van der Waals surface area contributed by atoms with Crippen molar-refractivity contribution < 1.29 is 19.0 Å². The molecule has 0 saturated carbocycles. The fourth-order valence-electron chi connectivity index (χ4n) is 4.10. The molecule has 200 valence electrons. The number of carbonyl (C=O) groups is 1. The summed E-state index contributed by atoms with van der Waals surface area (Å²) in [7, 11) is 4.00. The number of nitrogens with zero attached hydrogens (tertiary/aromatic N) is 1. The van der Waals surface area contributed by atoms with Crippen LogP contribution in [0.25, 0.3) is 11.1 Å². The summed E-state index contributed by atoms with van der Waals surface area (Å²) in [5, 5.41) is 0. The third-order valence-corrected chi connectivity index (χ3v) is 7.55. The molecule has 6 heteroatoms. The van der Waals surface area contributed by atoms with Crippen LogP contribution in [0.1, 0.15) is 50.8 Å². The molecule has 0 aliphatic carbocycles. The first-order valence-electron chi connectivity index (χ1n) is 12.9. The normalized spacial score (nSPS) is 15.4. The van der Waals surface area contributed by atoms with Crippen LogP contribution < -0.4 is 9.47 Å². The van der Waals surface area contributed by atoms with E-state index in [1.54, 1.807) is 0 Å². The van der Waals surface area contributed by atoms with E-state index in [1.165, 1.54) is 21.6 Å². The predicted octanol–water partition coefficient (Wildman–Crippen LogP) is 7.35. The minimum absolute atomic E-state index is 0.0175. The maximum atomic E-state index is 12.0. The van der Waals surface area contributed by atoms with Crippen molar-refractivity contribution in [2.24, 2.45) is 5.41 Å². The van der Waals surface area contributed by atoms with E-state index in [4.69, 9.17) is 14.2 Å². The molecule has 5 nitrogen and oxygen atoms in total. The Hall–Kier alpha value is -3.22. The highest BCUT2D eigenvalue weighted by Crippen LogP contribution is 2.43. The van der Waals surface area contributed by atoms with Gasteiger partial charge in [0, 0.05) is 10.6 Å². The Kier molecular flexibility index (Phi) is 8.85. The lowest BCUT2D eigenvalue weighted by Crippen LogP contribution is -2.30. The molecular weight excluding hydrogens is 494 g/mol. The van der Waals surface area contributed by atoms with Crippen LogP contribution in [0.5, 0.6) is 11.5 Å². The molecule has 0 radical (unpaired) electrons. The maximum Gasteiger partial charge on any atom is 0.314 e. The van der Waals surface area contributed by atoms with E-state index >= 15 is 0 Å². The number of thioether (sulfide) groups is 1. The van der Waals surface area contributed by atoms with Gasteiger partial charge in [0.15, 0.2) is 0 Å². The summed E-state index contributed by atoms with van der Waals surface area (Å²) in [6.45, 7) is 7.39. The molecule has 0 spiro atoms. The predicted molar refractivity (Wildman–Crippen MR) is 155 cm³/mol. The van der Waals surface area contributed by atoms with Crippen LogP contribution >= 0.6 is 11.8 Å². The number of hydrogen-bond donors (Lipinski definition) is 0. The van der Waals surface area contributed by atoms with Crippen LogP contribution in [0, 0.1) is 5.41 Å². The van der Waals surface area contributed by atoms with E-state index in [0.717, 1.165) is 29.1 Å². The molecule has 3 aromatic rings. The average molecular weight is 532 g/mol. The summed E-state index contributed by atoms with van der Waals surface area (Å²) < 4.78 is 17.0. The zero-order valence-corrected chi connectivity index (χ0v) is 23.9. The third-order valence-electron chi connectivity index (χ3n) is 6.47. The lowest BCUT2D eigenvalue weighted by atomic mass is 9.88. The first kappa shape index (κ1) is 27.8. The molecule has 4 rings (SSSR count). The second kappa shape index (κ2) is 12.1. The monoisotopic (exact) mass is 531 g/mol. The molecule has 0 aromatic heterocycles. The second-order valence-electron chi connectivity index (χ2n) is 10.6. The highest BCUT2D eigenvalue weighted by molar-refractivity contribution is 7.99. The zero-order chi connectivity index (χ0) is 27.3. The zero-order valence-electron chi connectivity index (χ0n) is 23.1. The highest BCUT2D eigenvalue weighted by Gasteiger charge is 2.23. The fourth-order valence-corrected chi connectivity index (χ4v) is 5.15. The number of allylic oxidation sites excluding steroid dienone is 1. The van der Waals surface area contributed by atoms with Crippen LogP contribution in [0.2, 0.25) is 0 Å². The number of fused-ring (bicyclic) bond motifs is 1. The molecule has 1 unspecified atom stereocenters. The van der Waals surface area contributed by atoms with Gasteiger partial charge in [0.25, 0.3) is 0 Å². The summed E-state index contributed by atoms with van der Waals surface area (Å²) in [5.41, 5.74) is 5.51. The van der Waals surface area contributed by atoms with Gasteiger partial charge in [-0.3, -0.25) is 9.69 Å². The van der Waals surface area contributed by atoms with E-state index in [-0.39, 0.29) is 19.0 Å². The first-order valence-corrected chi connectivity index (χ1v) is 13.9. The van der Waals surface area contributed by atoms with Crippen molar-refractivity contribution in [3.63, 3.8) is 0 Å². The van der Waals surface area contributed by atoms with Crippen LogP contribution in [0.3, 0.4) is 0 Å². The quantitative estimate of drug-likeness (QED) is 0.224. The van der Waals surface area contributed by atoms with E-state index in [2.05, 4.69) is 48.5 Å². The lowest BCUT2D eigenvalue weighted by Gasteiger charge is -2.24. The molecule has 1 aliphatic heterocycles. The van der Waals surface area contributed by atoms with Gasteiger partial charge in [-0.25, -0.2) is 0 Å². The average Bonchev–Trinajstić information content (AvgIpc) is 2.90. The molecule has 38 heavy (non-hydrogen) atoms. The minimum atomic E-state index is -0.562. The van der Waals surface area contributed by atoms with E-state index in [1.807, 2.05) is 82.7 Å². The van der Waals surface area contributed by atoms with Gasteiger partial charge in [-0.2, -0.15) is 0 Å². The number of hydrogen-bond acceptors (Lipinski definition) is 6. The van der Waals surface area contributed by atoms with Gasteiger partial charge in [0.2, 0.25) is 6.79 Å². The Labute approximate surface area is 230 Å². The third kappa shape index (κ3) is 6.80. The number of ether oxygens (including phenoxy) is 3. The first-order chi connectivity index (χ1) is 18.1. The SMILES string of the molecule is CC(Oc1ccc(/C(=C2/CCSc3ccccc32)c2ccc(OCOC(=O)C(C)(C)C)cc2)cc1)N(C)C. The van der Waals surface area contributed by atoms with E-state index in [0.29, 0.717) is 5.75 Å². The molecule has 0 bridgehead atoms. The molecule has 1 aliphatic rings. The summed E-state index contributed by atoms with van der Waals surface area (Å²) >= 11 is 1.91. The van der Waals surface area contributed by atoms with Crippen LogP contribution in [-0.2, 0) is 9.53 Å². The van der Waals surface area contributed by atoms with Gasteiger partial charge in [-0.15, -0.1) is 11.8 Å². The Morgan fingerprint density at radius 3 is 2.13 bits per heavy atom. The van der Waals surface area contributed by atoms with Gasteiger partial charge in [-0.05, 0) is 106 Å². The molecule has 0 saturated heterocycles. The van der Waals surface area contributed by atoms with Crippen molar-refractivity contribution >= 4 is 28.9 Å². The highest BCUT2D eigenvalue weighted by atomic mass is 32.2. The van der Waals surface area contributed by atoms with Crippen LogP contribution in [0.15, 0.2) is 77.7 Å². The number of esters is 1. The smallest absolute Gasteiger partial charge is 0.314 e. The van der Waals surface area contributed by atoms with Crippen molar-refractivity contribution in [3.05, 3.63) is 89.5 Å². The second-order valence-corrected chi connectivity index (χ2v) is 11.8. The number of carbonyl (C=O) groups excluding carboxylic acids is 1. The van der Waals surface area contributed by atoms with Crippen molar-refractivity contribution in [2.75, 3.05) is 26.6 Å². The van der Waals surface area contributed by atoms with Crippen molar-refractivity contribution in [1.82, 2.24) is 4.90 Å². The van der Waals surface area contributed by atoms with Gasteiger partial charge < -0.3 is 14.2 Å². The Bertz CT molecular complexity index is 1270. The van der Waals surface area contributed by atoms with Gasteiger partial charge in [-0.1, -0.05) is 42.5 Å². The van der Waals surface area contributed by atoms with Crippen molar-refractivity contribution in [2.45, 2.75) is 45.2 Å². The minimum Gasteiger partial charge on any atom is -0.475 e. The Morgan fingerprint density at radius 1 is 0.921 bits per heavy atom. The van der Waals surface area contributed by atoms with Gasteiger partial charge in [0.05, 0.1) is 5.41 Å². The van der Waals surface area contributed by atoms with E-state index < -0.39 is 5.41 Å². The summed E-state index contributed by atoms with van der Waals surface area (Å²) in [4.78, 5) is 15.4. The Balaban J connectivity index is 1.65. The van der Waals surface area contributed by atoms with Gasteiger partial charge >= 0.3 is 5.97 Å². The summed E-state index contributed by atoms with van der Waals surface area (Å²) in [5.74, 6) is 2.24. The van der Waals surface area contributed by atoms with E-state index in [9.17, 15) is 4.79 Å². The lowest BCUT2D eigenvalue weighted by molar-refractivity contribution is -0.159. The standard InChI is InChI=1S/C32H37NO4S/c1-22(33(5)6)37-26-17-13-24(14-18-26)30(28-19-20-38-29-10-8-7-9-27(28)29)23-11-15-25(16-12-23)35-21-36-31(34)32(2,3)4/h7-18,22H,19-21H2,1-6H3/b30-28-. The van der Waals surface area contributed by atoms with Crippen LogP contribution in [-0.4, -0.2) is 43.7 Å². The molecule has 0 fully saturated rings. The maximum absolute atomic E-state index is 12.0. The summed E-state index contributed by atoms with van der Waals surface area (Å²) in [6, 6.07) is 25.0. The number of benzene rings is 3. The summed E-state index contributed by atoms with van der Waals surface area (Å²) in [6.07, 6.45) is 0.963. The topological polar surface area (TPSA) is 48.0 Å². The Morgan fingerprint density at radius 2 is 1.53 bits per heavy atom. The van der Waals surface area contributed by atoms with Crippen LogP contribution in [0.4, 0.5) is 0 Å². The van der Waals surface area contributed by atoms with Crippen molar-refractivity contribution in [1.29, 1.82) is 0 Å².